The van der Waals surface area contributed by atoms with Crippen LogP contribution in [0.1, 0.15) is 47.3 Å². The lowest BCUT2D eigenvalue weighted by Crippen LogP contribution is -2.49. The van der Waals surface area contributed by atoms with Crippen molar-refractivity contribution in [2.45, 2.75) is 54.9 Å². The molecule has 0 radical (unpaired) electrons. The molecular weight excluding hydrogens is 438 g/mol. The lowest BCUT2D eigenvalue weighted by Gasteiger charge is -2.38. The first-order valence-corrected chi connectivity index (χ1v) is 11.4. The Hall–Kier alpha value is -2.16. The molecule has 2 aromatic rings. The van der Waals surface area contributed by atoms with Crippen LogP contribution in [0.15, 0.2) is 58.0 Å². The van der Waals surface area contributed by atoms with Gasteiger partial charge >= 0.3 is 0 Å². The zero-order valence-corrected chi connectivity index (χ0v) is 18.8. The van der Waals surface area contributed by atoms with Crippen molar-refractivity contribution >= 4 is 23.4 Å². The van der Waals surface area contributed by atoms with Gasteiger partial charge in [0.2, 0.25) is 0 Å². The molecule has 0 aliphatic carbocycles. The van der Waals surface area contributed by atoms with E-state index < -0.39 is 28.7 Å². The van der Waals surface area contributed by atoms with E-state index in [2.05, 4.69) is 53.6 Å². The highest BCUT2D eigenvalue weighted by Crippen LogP contribution is 2.46. The number of nitrogens with zero attached hydrogens (tertiary/aromatic N) is 3. The number of halogens is 1. The zero-order chi connectivity index (χ0) is 22.5. The van der Waals surface area contributed by atoms with E-state index in [4.69, 9.17) is 11.6 Å². The Morgan fingerprint density at radius 1 is 1.03 bits per heavy atom. The van der Waals surface area contributed by atoms with Crippen LogP contribution in [-0.4, -0.2) is 35.1 Å². The third-order valence-corrected chi connectivity index (χ3v) is 7.64. The van der Waals surface area contributed by atoms with Crippen molar-refractivity contribution in [3.8, 4) is 0 Å². The highest BCUT2D eigenvalue weighted by molar-refractivity contribution is 8.00. The topological polar surface area (TPSA) is 109 Å². The number of thioether (sulfide) groups is 1. The number of aliphatic hydroxyl groups excluding tert-OH is 1. The molecule has 164 valence electrons. The summed E-state index contributed by atoms with van der Waals surface area (Å²) in [6.45, 7) is 4.09. The molecule has 0 aromatic heterocycles. The normalized spacial score (nSPS) is 25.9. The Morgan fingerprint density at radius 2 is 1.71 bits per heavy atom. The molecule has 0 spiro atoms. The predicted molar refractivity (Wildman–Crippen MR) is 125 cm³/mol. The van der Waals surface area contributed by atoms with Gasteiger partial charge in [-0.25, -0.2) is 0 Å². The quantitative estimate of drug-likeness (QED) is 0.514. The summed E-state index contributed by atoms with van der Waals surface area (Å²) in [7, 11) is 0. The Balaban J connectivity index is 1.90. The van der Waals surface area contributed by atoms with Crippen molar-refractivity contribution in [1.82, 2.24) is 0 Å². The Bertz CT molecular complexity index is 939. The van der Waals surface area contributed by atoms with Crippen molar-refractivity contribution in [2.75, 3.05) is 6.54 Å². The summed E-state index contributed by atoms with van der Waals surface area (Å²) < 4.78 is 0. The zero-order valence-electron chi connectivity index (χ0n) is 17.2. The third-order valence-electron chi connectivity index (χ3n) is 5.65. The van der Waals surface area contributed by atoms with Crippen LogP contribution in [0.3, 0.4) is 0 Å². The van der Waals surface area contributed by atoms with E-state index in [9.17, 15) is 19.8 Å². The largest absolute Gasteiger partial charge is 0.388 e. The van der Waals surface area contributed by atoms with E-state index in [-0.39, 0.29) is 6.54 Å². The van der Waals surface area contributed by atoms with Crippen LogP contribution in [0.5, 0.6) is 0 Å². The van der Waals surface area contributed by atoms with Crippen LogP contribution < -0.4 is 0 Å². The fourth-order valence-corrected chi connectivity index (χ4v) is 5.60. The number of hydrogen-bond acceptors (Lipinski definition) is 8. The van der Waals surface area contributed by atoms with Crippen LogP contribution in [0.2, 0.25) is 5.02 Å². The smallest absolute Gasteiger partial charge is 0.136 e. The first kappa shape index (κ1) is 23.5. The number of aliphatic hydroxyl groups is 1. The Morgan fingerprint density at radius 3 is 2.29 bits per heavy atom. The molecule has 9 heteroatoms. The molecule has 3 rings (SSSR count). The molecule has 0 bridgehead atoms. The molecule has 1 saturated heterocycles. The van der Waals surface area contributed by atoms with Crippen molar-refractivity contribution in [3.05, 3.63) is 84.5 Å². The summed E-state index contributed by atoms with van der Waals surface area (Å²) in [5.41, 5.74) is 3.96. The van der Waals surface area contributed by atoms with Gasteiger partial charge in [-0.3, -0.25) is 0 Å². The minimum absolute atomic E-state index is 0.192. The fraction of sp³-hybridized carbons (Fsp3) is 0.455. The van der Waals surface area contributed by atoms with Gasteiger partial charge in [0, 0.05) is 5.02 Å². The summed E-state index contributed by atoms with van der Waals surface area (Å²) in [5.74, 6) is 0.446. The standard InChI is InChI=1S/C22H24ClN3O4S/c1-12(2)14-5-3-13(4-6-14)9-16-10-15(7-8-17(16)23)22-20(26-30)21(27)19(25-29)18(31-22)11-24-28/h3-8,10,12,18-22,27H,9,11H2,1-2H3/t18-,19-,20-,21+,22+/m1/s1. The number of rotatable bonds is 8. The van der Waals surface area contributed by atoms with Crippen LogP contribution >= 0.6 is 23.4 Å². The monoisotopic (exact) mass is 461 g/mol. The molecule has 1 aliphatic heterocycles. The molecule has 1 aliphatic rings. The predicted octanol–water partition coefficient (Wildman–Crippen LogP) is 5.61. The maximum atomic E-state index is 11.5. The second-order valence-electron chi connectivity index (χ2n) is 8.01. The molecule has 1 N–H and O–H groups in total. The van der Waals surface area contributed by atoms with E-state index in [1.54, 1.807) is 12.1 Å². The molecular formula is C22H24ClN3O4S. The second kappa shape index (κ2) is 10.4. The van der Waals surface area contributed by atoms with Gasteiger partial charge in [-0.1, -0.05) is 77.4 Å². The number of benzene rings is 2. The molecule has 31 heavy (non-hydrogen) atoms. The van der Waals surface area contributed by atoms with Crippen LogP contribution in [0.4, 0.5) is 0 Å². The SMILES string of the molecule is CC(C)c1ccc(Cc2cc([C@@H]3S[C@H](CN=O)[C@@H](N=O)[C@H](O)[C@H]3N=O)ccc2Cl)cc1. The molecule has 0 amide bonds. The minimum atomic E-state index is -1.38. The first-order chi connectivity index (χ1) is 14.9. The van der Waals surface area contributed by atoms with Crippen molar-refractivity contribution < 1.29 is 5.11 Å². The van der Waals surface area contributed by atoms with E-state index in [1.165, 1.54) is 17.3 Å². The van der Waals surface area contributed by atoms with Gasteiger partial charge in [-0.2, -0.15) is 14.7 Å². The summed E-state index contributed by atoms with van der Waals surface area (Å²) in [4.78, 5) is 33.5. The average Bonchev–Trinajstić information content (AvgIpc) is 2.76. The molecule has 7 nitrogen and oxygen atoms in total. The van der Waals surface area contributed by atoms with Gasteiger partial charge in [0.05, 0.1) is 17.0 Å². The molecule has 5 atom stereocenters. The molecule has 2 aromatic carbocycles. The fourth-order valence-electron chi connectivity index (χ4n) is 3.85. The molecule has 0 saturated carbocycles. The van der Waals surface area contributed by atoms with Crippen molar-refractivity contribution in [2.24, 2.45) is 15.5 Å². The lowest BCUT2D eigenvalue weighted by atomic mass is 9.92. The van der Waals surface area contributed by atoms with E-state index in [1.807, 2.05) is 6.07 Å². The minimum Gasteiger partial charge on any atom is -0.388 e. The second-order valence-corrected chi connectivity index (χ2v) is 9.81. The van der Waals surface area contributed by atoms with Gasteiger partial charge in [-0.15, -0.1) is 11.8 Å². The average molecular weight is 462 g/mol. The van der Waals surface area contributed by atoms with Crippen LogP contribution in [0, 0.1) is 14.7 Å². The highest BCUT2D eigenvalue weighted by Gasteiger charge is 2.47. The summed E-state index contributed by atoms with van der Waals surface area (Å²) in [5, 5.41) is 18.8. The van der Waals surface area contributed by atoms with Crippen LogP contribution in [-0.2, 0) is 6.42 Å². The first-order valence-electron chi connectivity index (χ1n) is 10.0. The highest BCUT2D eigenvalue weighted by atomic mass is 35.5. The van der Waals surface area contributed by atoms with Crippen LogP contribution in [0.25, 0.3) is 0 Å². The summed E-state index contributed by atoms with van der Waals surface area (Å²) in [6, 6.07) is 11.6. The number of nitroso groups, excluding NO2 is 3. The van der Waals surface area contributed by atoms with Gasteiger partial charge in [0.1, 0.15) is 18.2 Å². The molecule has 0 unspecified atom stereocenters. The van der Waals surface area contributed by atoms with Gasteiger partial charge in [0.15, 0.2) is 0 Å². The van der Waals surface area contributed by atoms with E-state index >= 15 is 0 Å². The number of hydrogen-bond donors (Lipinski definition) is 1. The van der Waals surface area contributed by atoms with Gasteiger partial charge in [0.25, 0.3) is 0 Å². The van der Waals surface area contributed by atoms with Gasteiger partial charge < -0.3 is 5.11 Å². The maximum Gasteiger partial charge on any atom is 0.136 e. The maximum absolute atomic E-state index is 11.5. The molecule has 1 fully saturated rings. The summed E-state index contributed by atoms with van der Waals surface area (Å²) >= 11 is 7.66. The van der Waals surface area contributed by atoms with E-state index in [0.717, 1.165) is 16.7 Å². The van der Waals surface area contributed by atoms with Crippen molar-refractivity contribution in [1.29, 1.82) is 0 Å². The Labute approximate surface area is 189 Å². The third kappa shape index (κ3) is 5.19. The summed E-state index contributed by atoms with van der Waals surface area (Å²) in [6.07, 6.45) is -0.780. The lowest BCUT2D eigenvalue weighted by molar-refractivity contribution is 0.109. The van der Waals surface area contributed by atoms with E-state index in [0.29, 0.717) is 17.4 Å². The molecule has 1 heterocycles. The van der Waals surface area contributed by atoms with Crippen molar-refractivity contribution in [3.63, 3.8) is 0 Å². The van der Waals surface area contributed by atoms with Gasteiger partial charge in [-0.05, 0) is 40.7 Å². The Kier molecular flexibility index (Phi) is 7.91.